The fourth-order valence-electron chi connectivity index (χ4n) is 2.87. The summed E-state index contributed by atoms with van der Waals surface area (Å²) in [5, 5.41) is 5.40. The van der Waals surface area contributed by atoms with Crippen molar-refractivity contribution in [1.82, 2.24) is 0 Å². The minimum absolute atomic E-state index is 0.291. The average molecular weight is 396 g/mol. The van der Waals surface area contributed by atoms with Gasteiger partial charge in [0.05, 0.1) is 12.1 Å². The number of rotatable bonds is 6. The Morgan fingerprint density at radius 1 is 1.10 bits per heavy atom. The predicted molar refractivity (Wildman–Crippen MR) is 109 cm³/mol. The van der Waals surface area contributed by atoms with Gasteiger partial charge in [-0.25, -0.2) is 0 Å². The second-order valence-electron chi connectivity index (χ2n) is 7.19. The standard InChI is InChI=1S/C22H24N2O5/c1-13(2)15-8-10-16(11-9-15)23-21(26)14(3)28-20(25)12-19-22(27)24-17-6-4-5-7-18(17)29-19/h4-11,13-14,19H,12H2,1-3H3,(H,23,26)(H,24,27). The number of nitrogens with one attached hydrogen (secondary N) is 2. The van der Waals surface area contributed by atoms with Crippen molar-refractivity contribution in [2.45, 2.75) is 45.3 Å². The molecule has 152 valence electrons. The van der Waals surface area contributed by atoms with E-state index in [1.165, 1.54) is 6.92 Å². The van der Waals surface area contributed by atoms with E-state index in [9.17, 15) is 14.4 Å². The molecule has 2 aromatic rings. The summed E-state index contributed by atoms with van der Waals surface area (Å²) >= 11 is 0. The quantitative estimate of drug-likeness (QED) is 0.729. The first kappa shape index (κ1) is 20.4. The Kier molecular flexibility index (Phi) is 6.16. The lowest BCUT2D eigenvalue weighted by atomic mass is 10.0. The van der Waals surface area contributed by atoms with Crippen LogP contribution in [0, 0.1) is 0 Å². The highest BCUT2D eigenvalue weighted by molar-refractivity contribution is 6.00. The largest absolute Gasteiger partial charge is 0.478 e. The van der Waals surface area contributed by atoms with E-state index in [-0.39, 0.29) is 6.42 Å². The van der Waals surface area contributed by atoms with Gasteiger partial charge >= 0.3 is 5.97 Å². The highest BCUT2D eigenvalue weighted by Gasteiger charge is 2.31. The van der Waals surface area contributed by atoms with Gasteiger partial charge in [-0.3, -0.25) is 14.4 Å². The number of hydrogen-bond acceptors (Lipinski definition) is 5. The molecule has 0 fully saturated rings. The molecule has 0 radical (unpaired) electrons. The number of esters is 1. The molecule has 0 aromatic heterocycles. The Labute approximate surface area is 169 Å². The van der Waals surface area contributed by atoms with E-state index < -0.39 is 30.0 Å². The van der Waals surface area contributed by atoms with Gasteiger partial charge in [-0.05, 0) is 42.7 Å². The maximum absolute atomic E-state index is 12.3. The summed E-state index contributed by atoms with van der Waals surface area (Å²) in [6, 6.07) is 14.4. The molecule has 0 spiro atoms. The van der Waals surface area contributed by atoms with Gasteiger partial charge in [0.2, 0.25) is 0 Å². The smallest absolute Gasteiger partial charge is 0.310 e. The number of anilines is 2. The molecule has 1 aliphatic rings. The average Bonchev–Trinajstić information content (AvgIpc) is 2.68. The Hall–Kier alpha value is -3.35. The van der Waals surface area contributed by atoms with Gasteiger partial charge in [0.1, 0.15) is 5.75 Å². The number of carbonyl (C=O) groups excluding carboxylic acids is 3. The lowest BCUT2D eigenvalue weighted by Gasteiger charge is -2.25. The molecule has 2 atom stereocenters. The second-order valence-corrected chi connectivity index (χ2v) is 7.19. The van der Waals surface area contributed by atoms with E-state index in [1.54, 1.807) is 36.4 Å². The Morgan fingerprint density at radius 3 is 2.48 bits per heavy atom. The van der Waals surface area contributed by atoms with E-state index in [2.05, 4.69) is 24.5 Å². The second kappa shape index (κ2) is 8.77. The highest BCUT2D eigenvalue weighted by Crippen LogP contribution is 2.29. The zero-order valence-electron chi connectivity index (χ0n) is 16.6. The summed E-state index contributed by atoms with van der Waals surface area (Å²) in [5.74, 6) is -0.688. The number of carbonyl (C=O) groups is 3. The van der Waals surface area contributed by atoms with Gasteiger partial charge in [-0.1, -0.05) is 38.1 Å². The van der Waals surface area contributed by atoms with Gasteiger partial charge < -0.3 is 20.1 Å². The molecule has 2 amide bonds. The van der Waals surface area contributed by atoms with Crippen LogP contribution in [0.1, 0.15) is 38.7 Å². The fraction of sp³-hybridized carbons (Fsp3) is 0.318. The van der Waals surface area contributed by atoms with Crippen molar-refractivity contribution in [1.29, 1.82) is 0 Å². The highest BCUT2D eigenvalue weighted by atomic mass is 16.6. The molecule has 1 aliphatic heterocycles. The first-order valence-electron chi connectivity index (χ1n) is 9.50. The topological polar surface area (TPSA) is 93.7 Å². The predicted octanol–water partition coefficient (Wildman–Crippen LogP) is 3.47. The number of benzene rings is 2. The van der Waals surface area contributed by atoms with Crippen LogP contribution in [0.5, 0.6) is 5.75 Å². The minimum Gasteiger partial charge on any atom is -0.478 e. The van der Waals surface area contributed by atoms with E-state index in [0.717, 1.165) is 5.56 Å². The molecule has 0 saturated carbocycles. The van der Waals surface area contributed by atoms with Crippen molar-refractivity contribution in [3.05, 3.63) is 54.1 Å². The Morgan fingerprint density at radius 2 is 1.79 bits per heavy atom. The van der Waals surface area contributed by atoms with Crippen molar-refractivity contribution in [2.75, 3.05) is 10.6 Å². The molecular formula is C22H24N2O5. The first-order chi connectivity index (χ1) is 13.8. The summed E-state index contributed by atoms with van der Waals surface area (Å²) in [4.78, 5) is 36.6. The van der Waals surface area contributed by atoms with Crippen LogP contribution in [0.15, 0.2) is 48.5 Å². The number of amides is 2. The molecular weight excluding hydrogens is 372 g/mol. The van der Waals surface area contributed by atoms with Crippen molar-refractivity contribution in [3.8, 4) is 5.75 Å². The molecule has 3 rings (SSSR count). The van der Waals surface area contributed by atoms with Crippen molar-refractivity contribution in [2.24, 2.45) is 0 Å². The monoisotopic (exact) mass is 396 g/mol. The number of hydrogen-bond donors (Lipinski definition) is 2. The van der Waals surface area contributed by atoms with E-state index in [1.807, 2.05) is 12.1 Å². The zero-order chi connectivity index (χ0) is 21.0. The zero-order valence-corrected chi connectivity index (χ0v) is 16.6. The molecule has 0 aliphatic carbocycles. The normalized spacial score (nSPS) is 16.3. The third kappa shape index (κ3) is 5.13. The van der Waals surface area contributed by atoms with Crippen LogP contribution in [-0.2, 0) is 19.1 Å². The van der Waals surface area contributed by atoms with E-state index >= 15 is 0 Å². The molecule has 2 aromatic carbocycles. The number of fused-ring (bicyclic) bond motifs is 1. The minimum atomic E-state index is -1.01. The third-order valence-electron chi connectivity index (χ3n) is 4.58. The van der Waals surface area contributed by atoms with Crippen LogP contribution in [0.25, 0.3) is 0 Å². The molecule has 2 unspecified atom stereocenters. The summed E-state index contributed by atoms with van der Waals surface area (Å²) in [7, 11) is 0. The molecule has 2 N–H and O–H groups in total. The summed E-state index contributed by atoms with van der Waals surface area (Å²) in [6.07, 6.45) is -2.30. The first-order valence-corrected chi connectivity index (χ1v) is 9.50. The van der Waals surface area contributed by atoms with Crippen molar-refractivity contribution < 1.29 is 23.9 Å². The summed E-state index contributed by atoms with van der Waals surface area (Å²) < 4.78 is 10.7. The maximum Gasteiger partial charge on any atom is 0.310 e. The molecule has 7 nitrogen and oxygen atoms in total. The van der Waals surface area contributed by atoms with Gasteiger partial charge in [0.25, 0.3) is 11.8 Å². The molecule has 7 heteroatoms. The van der Waals surface area contributed by atoms with Crippen LogP contribution >= 0.6 is 0 Å². The molecule has 0 saturated heterocycles. The maximum atomic E-state index is 12.3. The van der Waals surface area contributed by atoms with Gasteiger partial charge in [0, 0.05) is 5.69 Å². The van der Waals surface area contributed by atoms with Crippen LogP contribution in [0.4, 0.5) is 11.4 Å². The third-order valence-corrected chi connectivity index (χ3v) is 4.58. The van der Waals surface area contributed by atoms with Crippen LogP contribution < -0.4 is 15.4 Å². The van der Waals surface area contributed by atoms with E-state index in [4.69, 9.17) is 9.47 Å². The van der Waals surface area contributed by atoms with Gasteiger partial charge in [-0.2, -0.15) is 0 Å². The van der Waals surface area contributed by atoms with Crippen LogP contribution in [-0.4, -0.2) is 30.0 Å². The molecule has 29 heavy (non-hydrogen) atoms. The molecule has 0 bridgehead atoms. The SMILES string of the molecule is CC(OC(=O)CC1Oc2ccccc2NC1=O)C(=O)Nc1ccc(C(C)C)cc1. The van der Waals surface area contributed by atoms with E-state index in [0.29, 0.717) is 23.0 Å². The lowest BCUT2D eigenvalue weighted by molar-refractivity contribution is -0.155. The van der Waals surface area contributed by atoms with Crippen molar-refractivity contribution in [3.63, 3.8) is 0 Å². The van der Waals surface area contributed by atoms with Gasteiger partial charge in [-0.15, -0.1) is 0 Å². The summed E-state index contributed by atoms with van der Waals surface area (Å²) in [6.45, 7) is 5.65. The number of para-hydroxylation sites is 2. The van der Waals surface area contributed by atoms with Crippen LogP contribution in [0.2, 0.25) is 0 Å². The Balaban J connectivity index is 1.52. The number of ether oxygens (including phenoxy) is 2. The Bertz CT molecular complexity index is 908. The lowest BCUT2D eigenvalue weighted by Crippen LogP contribution is -2.40. The van der Waals surface area contributed by atoms with Crippen molar-refractivity contribution >= 4 is 29.2 Å². The summed E-state index contributed by atoms with van der Waals surface area (Å²) in [5.41, 5.74) is 2.34. The fourth-order valence-corrected chi connectivity index (χ4v) is 2.87. The van der Waals surface area contributed by atoms with Crippen LogP contribution in [0.3, 0.4) is 0 Å². The van der Waals surface area contributed by atoms with Gasteiger partial charge in [0.15, 0.2) is 12.2 Å². The molecule has 1 heterocycles.